The van der Waals surface area contributed by atoms with E-state index in [9.17, 15) is 4.79 Å². The highest BCUT2D eigenvalue weighted by molar-refractivity contribution is 5.78. The Hall–Kier alpha value is -1.59. The molecule has 0 aliphatic heterocycles. The lowest BCUT2D eigenvalue weighted by molar-refractivity contribution is -0.129. The maximum atomic E-state index is 12.4. The van der Waals surface area contributed by atoms with E-state index >= 15 is 0 Å². The maximum Gasteiger partial charge on any atom is 0.417 e. The van der Waals surface area contributed by atoms with Crippen molar-refractivity contribution in [3.05, 3.63) is 5.82 Å². The Morgan fingerprint density at radius 1 is 1.21 bits per heavy atom. The number of hydrogen-bond donors (Lipinski definition) is 1. The van der Waals surface area contributed by atoms with Crippen LogP contribution in [0.2, 0.25) is 0 Å². The van der Waals surface area contributed by atoms with E-state index in [0.29, 0.717) is 5.82 Å². The van der Waals surface area contributed by atoms with Gasteiger partial charge in [-0.15, -0.1) is 0 Å². The van der Waals surface area contributed by atoms with E-state index in [1.54, 1.807) is 0 Å². The van der Waals surface area contributed by atoms with Gasteiger partial charge < -0.3 is 10.1 Å². The van der Waals surface area contributed by atoms with E-state index in [-0.39, 0.29) is 29.5 Å². The van der Waals surface area contributed by atoms with Crippen molar-refractivity contribution >= 4 is 5.91 Å². The molecule has 0 spiro atoms. The number of amides is 1. The highest BCUT2D eigenvalue weighted by Gasteiger charge is 2.51. The number of aromatic nitrogens is 2. The quantitative estimate of drug-likeness (QED) is 0.917. The van der Waals surface area contributed by atoms with Crippen LogP contribution in [-0.2, 0) is 10.2 Å². The second-order valence-corrected chi connectivity index (χ2v) is 9.17. The van der Waals surface area contributed by atoms with Gasteiger partial charge in [0.15, 0.2) is 12.4 Å². The number of ether oxygens (including phenoxy) is 1. The van der Waals surface area contributed by atoms with Gasteiger partial charge in [0, 0.05) is 11.0 Å². The molecule has 4 saturated carbocycles. The molecule has 1 aromatic heterocycles. The molecule has 0 atom stereocenters. The van der Waals surface area contributed by atoms with Crippen molar-refractivity contribution in [3.8, 4) is 6.08 Å². The third-order valence-electron chi connectivity index (χ3n) is 5.85. The van der Waals surface area contributed by atoms with Gasteiger partial charge in [-0.3, -0.25) is 9.32 Å². The summed E-state index contributed by atoms with van der Waals surface area (Å²) in [4.78, 5) is 16.6. The average Bonchev–Trinajstić information content (AvgIpc) is 2.92. The zero-order valence-corrected chi connectivity index (χ0v) is 14.8. The topological polar surface area (TPSA) is 77.2 Å². The minimum absolute atomic E-state index is 0.0145. The van der Waals surface area contributed by atoms with E-state index in [4.69, 9.17) is 9.26 Å². The Labute approximate surface area is 142 Å². The van der Waals surface area contributed by atoms with Crippen molar-refractivity contribution in [3.63, 3.8) is 0 Å². The highest BCUT2D eigenvalue weighted by atomic mass is 16.6. The molecule has 4 aliphatic rings. The van der Waals surface area contributed by atoms with Gasteiger partial charge in [-0.25, -0.2) is 0 Å². The van der Waals surface area contributed by atoms with Crippen LogP contribution in [0.25, 0.3) is 0 Å². The molecular weight excluding hydrogens is 306 g/mol. The van der Waals surface area contributed by atoms with Crippen molar-refractivity contribution in [2.75, 3.05) is 6.61 Å². The van der Waals surface area contributed by atoms with Crippen LogP contribution in [-0.4, -0.2) is 28.2 Å². The van der Waals surface area contributed by atoms with Gasteiger partial charge in [-0.05, 0) is 56.3 Å². The van der Waals surface area contributed by atoms with Crippen LogP contribution in [0.5, 0.6) is 6.08 Å². The van der Waals surface area contributed by atoms with Gasteiger partial charge >= 0.3 is 6.08 Å². The number of rotatable bonds is 4. The lowest BCUT2D eigenvalue weighted by Crippen LogP contribution is -2.60. The molecule has 6 heteroatoms. The van der Waals surface area contributed by atoms with E-state index in [1.807, 2.05) is 20.8 Å². The van der Waals surface area contributed by atoms with Crippen molar-refractivity contribution in [1.29, 1.82) is 0 Å². The summed E-state index contributed by atoms with van der Waals surface area (Å²) < 4.78 is 10.5. The molecule has 0 unspecified atom stereocenters. The summed E-state index contributed by atoms with van der Waals surface area (Å²) in [5.74, 6) is 2.93. The third-order valence-corrected chi connectivity index (χ3v) is 5.85. The summed E-state index contributed by atoms with van der Waals surface area (Å²) in [6.07, 6.45) is 7.58. The molecule has 132 valence electrons. The molecule has 0 saturated heterocycles. The molecule has 24 heavy (non-hydrogen) atoms. The smallest absolute Gasteiger partial charge is 0.417 e. The Morgan fingerprint density at radius 3 is 2.29 bits per heavy atom. The summed E-state index contributed by atoms with van der Waals surface area (Å²) in [6, 6.07) is 0. The summed E-state index contributed by atoms with van der Waals surface area (Å²) in [5, 5.41) is 7.18. The van der Waals surface area contributed by atoms with E-state index in [0.717, 1.165) is 37.0 Å². The molecule has 4 aliphatic carbocycles. The standard InChI is InChI=1S/C18H27N3O3/c1-17(2,3)15-19-16(24-21-15)23-10-14(22)20-18-7-11-4-12(8-18)6-13(5-11)9-18/h11-13H,4-10H2,1-3H3,(H,20,22). The predicted molar refractivity (Wildman–Crippen MR) is 87.5 cm³/mol. The number of carbonyl (C=O) groups is 1. The molecule has 1 heterocycles. The monoisotopic (exact) mass is 333 g/mol. The fourth-order valence-electron chi connectivity index (χ4n) is 5.30. The third kappa shape index (κ3) is 3.03. The number of carbonyl (C=O) groups excluding carboxylic acids is 1. The summed E-state index contributed by atoms with van der Waals surface area (Å²) in [5.41, 5.74) is -0.187. The van der Waals surface area contributed by atoms with Gasteiger partial charge in [0.1, 0.15) is 0 Å². The van der Waals surface area contributed by atoms with Gasteiger partial charge in [-0.1, -0.05) is 25.9 Å². The Morgan fingerprint density at radius 2 is 1.79 bits per heavy atom. The molecule has 1 amide bonds. The van der Waals surface area contributed by atoms with E-state index < -0.39 is 0 Å². The lowest BCUT2D eigenvalue weighted by atomic mass is 9.53. The zero-order chi connectivity index (χ0) is 16.9. The van der Waals surface area contributed by atoms with Gasteiger partial charge in [-0.2, -0.15) is 4.98 Å². The van der Waals surface area contributed by atoms with Crippen LogP contribution in [0.3, 0.4) is 0 Å². The number of nitrogens with one attached hydrogen (secondary N) is 1. The molecule has 6 nitrogen and oxygen atoms in total. The minimum Gasteiger partial charge on any atom is -0.439 e. The normalized spacial score (nSPS) is 34.4. The summed E-state index contributed by atoms with van der Waals surface area (Å²) in [7, 11) is 0. The second-order valence-electron chi connectivity index (χ2n) is 9.17. The first kappa shape index (κ1) is 15.9. The van der Waals surface area contributed by atoms with E-state index in [2.05, 4.69) is 15.5 Å². The van der Waals surface area contributed by atoms with Crippen LogP contribution in [0.15, 0.2) is 4.52 Å². The molecule has 1 aromatic rings. The second kappa shape index (κ2) is 5.46. The van der Waals surface area contributed by atoms with Crippen molar-refractivity contribution in [1.82, 2.24) is 15.5 Å². The molecule has 1 N–H and O–H groups in total. The fraction of sp³-hybridized carbons (Fsp3) is 0.833. The molecule has 0 aromatic carbocycles. The number of nitrogens with zero attached hydrogens (tertiary/aromatic N) is 2. The Kier molecular flexibility index (Phi) is 3.62. The van der Waals surface area contributed by atoms with Crippen LogP contribution in [0.4, 0.5) is 0 Å². The highest BCUT2D eigenvalue weighted by Crippen LogP contribution is 2.55. The van der Waals surface area contributed by atoms with E-state index in [1.165, 1.54) is 19.3 Å². The lowest BCUT2D eigenvalue weighted by Gasteiger charge is -2.56. The van der Waals surface area contributed by atoms with Gasteiger partial charge in [0.05, 0.1) is 0 Å². The van der Waals surface area contributed by atoms with Crippen LogP contribution >= 0.6 is 0 Å². The predicted octanol–water partition coefficient (Wildman–Crippen LogP) is 2.83. The van der Waals surface area contributed by atoms with Gasteiger partial charge in [0.2, 0.25) is 0 Å². The summed E-state index contributed by atoms with van der Waals surface area (Å²) >= 11 is 0. The maximum absolute atomic E-state index is 12.4. The number of hydrogen-bond acceptors (Lipinski definition) is 5. The molecule has 4 bridgehead atoms. The molecule has 4 fully saturated rings. The zero-order valence-electron chi connectivity index (χ0n) is 14.8. The summed E-state index contributed by atoms with van der Waals surface area (Å²) in [6.45, 7) is 5.94. The van der Waals surface area contributed by atoms with Gasteiger partial charge in [0.25, 0.3) is 5.91 Å². The van der Waals surface area contributed by atoms with Crippen molar-refractivity contribution in [2.45, 2.75) is 70.3 Å². The molecule has 0 radical (unpaired) electrons. The molecular formula is C18H27N3O3. The van der Waals surface area contributed by atoms with Crippen molar-refractivity contribution in [2.24, 2.45) is 17.8 Å². The largest absolute Gasteiger partial charge is 0.439 e. The van der Waals surface area contributed by atoms with Crippen LogP contribution in [0.1, 0.15) is 65.1 Å². The fourth-order valence-corrected chi connectivity index (χ4v) is 5.30. The first-order valence-electron chi connectivity index (χ1n) is 9.09. The Bertz CT molecular complexity index is 596. The van der Waals surface area contributed by atoms with Crippen molar-refractivity contribution < 1.29 is 14.1 Å². The Balaban J connectivity index is 1.33. The van der Waals surface area contributed by atoms with Crippen LogP contribution < -0.4 is 10.1 Å². The van der Waals surface area contributed by atoms with Crippen LogP contribution in [0, 0.1) is 17.8 Å². The molecule has 5 rings (SSSR count). The SMILES string of the molecule is CC(C)(C)c1noc(OCC(=O)NC23CC4CC(CC(C4)C2)C3)n1. The average molecular weight is 333 g/mol. The first-order valence-corrected chi connectivity index (χ1v) is 9.09. The first-order chi connectivity index (χ1) is 11.3. The minimum atomic E-state index is -0.202.